The first-order chi connectivity index (χ1) is 34.0. The van der Waals surface area contributed by atoms with E-state index in [0.29, 0.717) is 0 Å². The van der Waals surface area contributed by atoms with Crippen molar-refractivity contribution in [3.05, 3.63) is 169 Å². The van der Waals surface area contributed by atoms with E-state index >= 15 is 0 Å². The van der Waals surface area contributed by atoms with Gasteiger partial charge in [0.2, 0.25) is 0 Å². The molecule has 8 aromatic carbocycles. The lowest BCUT2D eigenvalue weighted by atomic mass is 9.85. The van der Waals surface area contributed by atoms with Crippen LogP contribution in [0, 0.1) is 0 Å². The van der Waals surface area contributed by atoms with E-state index in [0.717, 1.165) is 0 Å². The molecule has 45 heavy (non-hydrogen) atoms. The van der Waals surface area contributed by atoms with E-state index in [-0.39, 0.29) is 5.39 Å². The van der Waals surface area contributed by atoms with Gasteiger partial charge in [-0.1, -0.05) is 151 Å². The molecule has 210 valence electrons. The van der Waals surface area contributed by atoms with Crippen LogP contribution < -0.4 is 0 Å². The van der Waals surface area contributed by atoms with Crippen LogP contribution in [0.2, 0.25) is 0 Å². The predicted molar refractivity (Wildman–Crippen MR) is 190 cm³/mol. The van der Waals surface area contributed by atoms with E-state index < -0.39 is 252 Å². The standard InChI is InChI=1S/C44H28O/c1-2-10-29(11-3-1)30-18-22-32(23-19-30)43-36-13-4-6-15-38(36)44(39-16-7-5-14-37(39)43)33-24-20-31(21-25-33)34-26-27-42-40(28-34)35-12-8-9-17-41(35)45-42/h1-28H/i1D,2D,3D,4D,5D,6D,7D,8D,9D,10D,11D,12D,13D,14D,15D,16D,17D,18D,19D,20D,21D,22D,23D,24D,25D,26D,27D,28D. The quantitative estimate of drug-likeness (QED) is 0.183. The second-order valence-corrected chi connectivity index (χ2v) is 9.51. The maximum Gasteiger partial charge on any atom is 0.135 e. The molecule has 0 fully saturated rings. The van der Waals surface area contributed by atoms with E-state index in [9.17, 15) is 15.1 Å². The number of hydrogen-bond acceptors (Lipinski definition) is 1. The zero-order valence-corrected chi connectivity index (χ0v) is 22.4. The van der Waals surface area contributed by atoms with Crippen molar-refractivity contribution in [2.24, 2.45) is 0 Å². The maximum absolute atomic E-state index is 9.51. The van der Waals surface area contributed by atoms with E-state index in [1.807, 2.05) is 0 Å². The van der Waals surface area contributed by atoms with Gasteiger partial charge >= 0.3 is 0 Å². The summed E-state index contributed by atoms with van der Waals surface area (Å²) in [7, 11) is 0. The molecule has 9 rings (SSSR count). The molecule has 0 saturated carbocycles. The highest BCUT2D eigenvalue weighted by Crippen LogP contribution is 2.44. The summed E-state index contributed by atoms with van der Waals surface area (Å²) >= 11 is 0. The lowest BCUT2D eigenvalue weighted by molar-refractivity contribution is 0.669. The Labute approximate surface area is 301 Å². The molecule has 0 atom stereocenters. The number of benzene rings is 8. The van der Waals surface area contributed by atoms with Gasteiger partial charge in [-0.3, -0.25) is 0 Å². The van der Waals surface area contributed by atoms with E-state index in [4.69, 9.17) is 27.7 Å². The Morgan fingerprint density at radius 2 is 0.667 bits per heavy atom. The number of hydrogen-bond donors (Lipinski definition) is 0. The molecule has 1 heteroatoms. The summed E-state index contributed by atoms with van der Waals surface area (Å²) in [5.41, 5.74) is -7.35. The molecule has 0 aliphatic heterocycles. The van der Waals surface area contributed by atoms with Crippen LogP contribution in [0.25, 0.3) is 88.0 Å². The Bertz CT molecular complexity index is 3950. The van der Waals surface area contributed by atoms with Gasteiger partial charge in [0.15, 0.2) is 0 Å². The molecule has 0 radical (unpaired) electrons. The maximum atomic E-state index is 9.51. The smallest absolute Gasteiger partial charge is 0.135 e. The summed E-state index contributed by atoms with van der Waals surface area (Å²) < 4.78 is 255. The summed E-state index contributed by atoms with van der Waals surface area (Å²) in [6.45, 7) is 0. The summed E-state index contributed by atoms with van der Waals surface area (Å²) in [5, 5.41) is -3.89. The average Bonchev–Trinajstić information content (AvgIpc) is 3.77. The fourth-order valence-corrected chi connectivity index (χ4v) is 5.05. The molecule has 1 heterocycles. The van der Waals surface area contributed by atoms with Crippen LogP contribution in [0.1, 0.15) is 38.4 Å². The van der Waals surface area contributed by atoms with Crippen LogP contribution >= 0.6 is 0 Å². The van der Waals surface area contributed by atoms with Gasteiger partial charge < -0.3 is 4.42 Å². The predicted octanol–water partition coefficient (Wildman–Crippen LogP) is 12.6. The van der Waals surface area contributed by atoms with Crippen LogP contribution in [-0.4, -0.2) is 0 Å². The van der Waals surface area contributed by atoms with Crippen LogP contribution in [0.4, 0.5) is 0 Å². The fraction of sp³-hybridized carbons (Fsp3) is 0. The minimum atomic E-state index is -1.09. The lowest BCUT2D eigenvalue weighted by Gasteiger charge is -2.18. The van der Waals surface area contributed by atoms with Gasteiger partial charge in [0.1, 0.15) is 11.2 Å². The van der Waals surface area contributed by atoms with E-state index in [1.165, 1.54) is 0 Å². The first-order valence-corrected chi connectivity index (χ1v) is 13.2. The van der Waals surface area contributed by atoms with Gasteiger partial charge in [-0.25, -0.2) is 0 Å². The minimum absolute atomic E-state index is 0.389. The summed E-state index contributed by atoms with van der Waals surface area (Å²) in [6, 6.07) is -26.4. The third kappa shape index (κ3) is 4.24. The van der Waals surface area contributed by atoms with Crippen molar-refractivity contribution in [1.29, 1.82) is 0 Å². The third-order valence-electron chi connectivity index (χ3n) is 7.01. The topological polar surface area (TPSA) is 13.1 Å². The lowest BCUT2D eigenvalue weighted by Crippen LogP contribution is -1.91. The normalized spacial score (nSPS) is 20.3. The highest BCUT2D eigenvalue weighted by atomic mass is 16.3. The fourth-order valence-electron chi connectivity index (χ4n) is 5.05. The Kier molecular flexibility index (Phi) is 2.32. The van der Waals surface area contributed by atoms with Crippen molar-refractivity contribution in [1.82, 2.24) is 0 Å². The highest BCUT2D eigenvalue weighted by molar-refractivity contribution is 6.21. The Hall–Kier alpha value is -5.92. The second-order valence-electron chi connectivity index (χ2n) is 9.51. The molecule has 0 bridgehead atoms. The van der Waals surface area contributed by atoms with Gasteiger partial charge in [-0.2, -0.15) is 0 Å². The van der Waals surface area contributed by atoms with Gasteiger partial charge in [0.25, 0.3) is 0 Å². The van der Waals surface area contributed by atoms with Crippen molar-refractivity contribution in [3.8, 4) is 44.5 Å². The van der Waals surface area contributed by atoms with Crippen molar-refractivity contribution in [2.45, 2.75) is 0 Å². The number of fused-ring (bicyclic) bond motifs is 5. The first kappa shape index (κ1) is 10.1. The molecule has 0 aliphatic rings. The Balaban J connectivity index is 1.49. The molecular formula is C44H28O. The van der Waals surface area contributed by atoms with Crippen LogP contribution in [0.5, 0.6) is 0 Å². The Morgan fingerprint density at radius 3 is 1.22 bits per heavy atom. The number of rotatable bonds is 4. The molecule has 1 aromatic heterocycles. The van der Waals surface area contributed by atoms with Gasteiger partial charge in [0.05, 0.1) is 38.4 Å². The van der Waals surface area contributed by atoms with Gasteiger partial charge in [0, 0.05) is 10.8 Å². The summed E-state index contributed by atoms with van der Waals surface area (Å²) in [5.74, 6) is 0. The molecular weight excluding hydrogens is 544 g/mol. The molecule has 0 aliphatic carbocycles. The van der Waals surface area contributed by atoms with Crippen LogP contribution in [0.15, 0.2) is 174 Å². The number of furan rings is 1. The second kappa shape index (κ2) is 10.4. The molecule has 0 unspecified atom stereocenters. The van der Waals surface area contributed by atoms with Crippen molar-refractivity contribution in [3.63, 3.8) is 0 Å². The number of para-hydroxylation sites is 1. The molecule has 9 aromatic rings. The summed E-state index contributed by atoms with van der Waals surface area (Å²) in [6.07, 6.45) is 0. The summed E-state index contributed by atoms with van der Waals surface area (Å²) in [4.78, 5) is 0. The van der Waals surface area contributed by atoms with Gasteiger partial charge in [-0.15, -0.1) is 0 Å². The zero-order valence-electron chi connectivity index (χ0n) is 50.4. The largest absolute Gasteiger partial charge is 0.456 e. The average molecular weight is 601 g/mol. The molecule has 0 N–H and O–H groups in total. The van der Waals surface area contributed by atoms with Crippen LogP contribution in [0.3, 0.4) is 0 Å². The van der Waals surface area contributed by atoms with Crippen molar-refractivity contribution < 1.29 is 42.8 Å². The van der Waals surface area contributed by atoms with Crippen molar-refractivity contribution in [2.75, 3.05) is 0 Å². The van der Waals surface area contributed by atoms with Crippen molar-refractivity contribution >= 4 is 43.5 Å². The van der Waals surface area contributed by atoms with Crippen LogP contribution in [-0.2, 0) is 0 Å². The molecule has 0 spiro atoms. The monoisotopic (exact) mass is 600 g/mol. The van der Waals surface area contributed by atoms with E-state index in [1.54, 1.807) is 0 Å². The Morgan fingerprint density at radius 1 is 0.289 bits per heavy atom. The third-order valence-corrected chi connectivity index (χ3v) is 7.01. The minimum Gasteiger partial charge on any atom is -0.456 e. The van der Waals surface area contributed by atoms with E-state index in [2.05, 4.69) is 0 Å². The zero-order chi connectivity index (χ0) is 54.1. The SMILES string of the molecule is [2H]c1c([2H])c([2H])c(-c2c([2H])c([2H])c(-c3c4c([2H])c([2H])c([2H])c([2H])c4c(-c4c([2H])c([2H])c(-c5c([2H])c([2H])c6oc7c([2H])c([2H])c([2H])c([2H])c7c6c5[2H])c([2H])c4[2H])c4c([2H])c([2H])c([2H])c([2H])c34)c([2H])c2[2H])c([2H])c1[2H]. The molecule has 1 nitrogen and oxygen atoms in total. The van der Waals surface area contributed by atoms with Gasteiger partial charge in [-0.05, 0) is 84.2 Å². The molecule has 0 amide bonds. The highest BCUT2D eigenvalue weighted by Gasteiger charge is 2.17. The first-order valence-electron chi connectivity index (χ1n) is 27.2. The molecule has 0 saturated heterocycles.